The van der Waals surface area contributed by atoms with Gasteiger partial charge in [0.15, 0.2) is 0 Å². The Morgan fingerprint density at radius 2 is 0.524 bits per heavy atom. The van der Waals surface area contributed by atoms with Crippen LogP contribution in [0.4, 0.5) is 68.2 Å². The Kier molecular flexibility index (Phi) is 16.2. The molecule has 0 aliphatic heterocycles. The first-order valence-corrected chi connectivity index (χ1v) is 36.3. The number of hydrogen-bond donors (Lipinski definition) is 0. The summed E-state index contributed by atoms with van der Waals surface area (Å²) in [6.45, 7) is 23.0. The van der Waals surface area contributed by atoms with Crippen LogP contribution in [0.3, 0.4) is 0 Å². The molecular formula is C95H82N8. The lowest BCUT2D eigenvalue weighted by molar-refractivity contribution is 0.661. The highest BCUT2D eigenvalue weighted by Crippen LogP contribution is 2.58. The van der Waals surface area contributed by atoms with Crippen LogP contribution in [-0.4, -0.2) is 19.9 Å². The Bertz CT molecular complexity index is 5940. The van der Waals surface area contributed by atoms with E-state index >= 15 is 0 Å². The maximum Gasteiger partial charge on any atom is 0.0703 e. The number of pyridine rings is 4. The number of nitrogens with zero attached hydrogens (tertiary/aromatic N) is 8. The molecule has 12 aromatic carbocycles. The third kappa shape index (κ3) is 11.5. The average Bonchev–Trinajstić information content (AvgIpc) is 1.67. The fourth-order valence-electron chi connectivity index (χ4n) is 15.7. The highest BCUT2D eigenvalue weighted by Gasteiger charge is 2.39. The first-order valence-electron chi connectivity index (χ1n) is 36.3. The van der Waals surface area contributed by atoms with Gasteiger partial charge < -0.3 is 19.6 Å². The smallest absolute Gasteiger partial charge is 0.0703 e. The summed E-state index contributed by atoms with van der Waals surface area (Å²) in [5.74, 6) is 1.41. The van der Waals surface area contributed by atoms with Crippen LogP contribution in [0.1, 0.15) is 126 Å². The molecule has 4 heterocycles. The number of fused-ring (bicyclic) bond motifs is 9. The highest BCUT2D eigenvalue weighted by molar-refractivity contribution is 6.25. The largest absolute Gasteiger partial charge is 0.310 e. The van der Waals surface area contributed by atoms with Gasteiger partial charge in [0.25, 0.3) is 0 Å². The number of aromatic nitrogens is 4. The van der Waals surface area contributed by atoms with Crippen molar-refractivity contribution in [1.29, 1.82) is 0 Å². The maximum absolute atomic E-state index is 4.91. The van der Waals surface area contributed by atoms with Crippen molar-refractivity contribution in [2.24, 2.45) is 0 Å². The van der Waals surface area contributed by atoms with Gasteiger partial charge in [-0.1, -0.05) is 154 Å². The van der Waals surface area contributed by atoms with Crippen LogP contribution in [0.2, 0.25) is 0 Å². The first kappa shape index (κ1) is 64.4. The topological polar surface area (TPSA) is 64.5 Å². The fraction of sp³-hybridized carbons (Fsp3) is 0.158. The van der Waals surface area contributed by atoms with Crippen molar-refractivity contribution in [2.75, 3.05) is 19.6 Å². The van der Waals surface area contributed by atoms with Crippen molar-refractivity contribution >= 4 is 133 Å². The minimum Gasteiger partial charge on any atom is -0.310 e. The van der Waals surface area contributed by atoms with E-state index in [9.17, 15) is 0 Å². The van der Waals surface area contributed by atoms with Gasteiger partial charge in [0.1, 0.15) is 0 Å². The standard InChI is InChI=1S/C95H82N8/c1-59(2)63-19-27-71(28-20-63)100(75-37-43-89-67(51-75)15-11-47-96-89)79-36-42-82-84(55-79)94(103(74-33-25-66(26-34-74)62(7)8)78-40-46-92-70(54-78)18-14-50-99-92)85-57-83-81-41-35-80(101(72-29-21-64(22-30-72)60(3)4)76-38-44-90-68(52-76)16-12-48-97-90)56-87(81)95(9,10)88(83)58-86(85)93(82)102(73-31-23-65(24-32-73)61(5)6)77-39-45-91-69(53-77)17-13-49-98-91/h11-62H,1-10H3. The average molecular weight is 1340 g/mol. The fourth-order valence-corrected chi connectivity index (χ4v) is 15.7. The predicted molar refractivity (Wildman–Crippen MR) is 435 cm³/mol. The minimum atomic E-state index is -0.483. The number of benzene rings is 12. The van der Waals surface area contributed by atoms with Gasteiger partial charge in [-0.25, -0.2) is 0 Å². The van der Waals surface area contributed by atoms with E-state index in [1.165, 1.54) is 44.5 Å². The molecule has 1 aliphatic carbocycles. The van der Waals surface area contributed by atoms with E-state index in [4.69, 9.17) is 19.9 Å². The molecule has 0 atom stereocenters. The summed E-state index contributed by atoms with van der Waals surface area (Å²) in [6, 6.07) is 100. The van der Waals surface area contributed by atoms with Gasteiger partial charge in [-0.15, -0.1) is 0 Å². The summed E-state index contributed by atoms with van der Waals surface area (Å²) in [6.07, 6.45) is 7.53. The quantitative estimate of drug-likeness (QED) is 0.0700. The summed E-state index contributed by atoms with van der Waals surface area (Å²) >= 11 is 0. The van der Waals surface area contributed by atoms with Crippen molar-refractivity contribution < 1.29 is 0 Å². The summed E-state index contributed by atoms with van der Waals surface area (Å²) in [7, 11) is 0. The molecule has 4 aromatic heterocycles. The molecule has 0 spiro atoms. The van der Waals surface area contributed by atoms with E-state index in [-0.39, 0.29) is 0 Å². The highest BCUT2D eigenvalue weighted by atomic mass is 15.2. The lowest BCUT2D eigenvalue weighted by Gasteiger charge is -2.34. The van der Waals surface area contributed by atoms with Crippen molar-refractivity contribution in [1.82, 2.24) is 19.9 Å². The Morgan fingerprint density at radius 3 is 0.903 bits per heavy atom. The van der Waals surface area contributed by atoms with E-state index in [0.29, 0.717) is 23.7 Å². The summed E-state index contributed by atoms with van der Waals surface area (Å²) in [5.41, 5.74) is 25.9. The molecule has 16 aromatic rings. The van der Waals surface area contributed by atoms with Gasteiger partial charge in [-0.3, -0.25) is 19.9 Å². The molecule has 0 unspecified atom stereocenters. The van der Waals surface area contributed by atoms with Crippen molar-refractivity contribution in [3.8, 4) is 11.1 Å². The Morgan fingerprint density at radius 1 is 0.243 bits per heavy atom. The van der Waals surface area contributed by atoms with Crippen LogP contribution < -0.4 is 19.6 Å². The van der Waals surface area contributed by atoms with Crippen molar-refractivity contribution in [3.05, 3.63) is 325 Å². The molecule has 8 nitrogen and oxygen atoms in total. The second kappa shape index (κ2) is 25.9. The Hall–Kier alpha value is -12.0. The van der Waals surface area contributed by atoms with Crippen LogP contribution in [-0.2, 0) is 5.41 Å². The van der Waals surface area contributed by atoms with Gasteiger partial charge >= 0.3 is 0 Å². The molecule has 0 N–H and O–H groups in total. The second-order valence-electron chi connectivity index (χ2n) is 29.6. The van der Waals surface area contributed by atoms with Crippen LogP contribution in [0.5, 0.6) is 0 Å². The second-order valence-corrected chi connectivity index (χ2v) is 29.6. The van der Waals surface area contributed by atoms with E-state index in [0.717, 1.165) is 133 Å². The summed E-state index contributed by atoms with van der Waals surface area (Å²) in [5, 5.41) is 8.61. The van der Waals surface area contributed by atoms with Crippen LogP contribution in [0, 0.1) is 0 Å². The van der Waals surface area contributed by atoms with Crippen LogP contribution in [0.25, 0.3) is 76.3 Å². The molecule has 502 valence electrons. The molecule has 0 bridgehead atoms. The Balaban J connectivity index is 1.01. The zero-order valence-electron chi connectivity index (χ0n) is 60.1. The van der Waals surface area contributed by atoms with Crippen LogP contribution >= 0.6 is 0 Å². The molecule has 0 radical (unpaired) electrons. The van der Waals surface area contributed by atoms with E-state index in [2.05, 4.69) is 331 Å². The van der Waals surface area contributed by atoms with Crippen molar-refractivity contribution in [3.63, 3.8) is 0 Å². The van der Waals surface area contributed by atoms with E-state index < -0.39 is 5.41 Å². The molecule has 17 rings (SSSR count). The molecular weight excluding hydrogens is 1250 g/mol. The van der Waals surface area contributed by atoms with Gasteiger partial charge in [-0.05, 0) is 250 Å². The van der Waals surface area contributed by atoms with Crippen molar-refractivity contribution in [2.45, 2.75) is 98.3 Å². The molecule has 103 heavy (non-hydrogen) atoms. The third-order valence-corrected chi connectivity index (χ3v) is 21.4. The number of anilines is 12. The van der Waals surface area contributed by atoms with Crippen LogP contribution in [0.15, 0.2) is 292 Å². The monoisotopic (exact) mass is 1330 g/mol. The molecule has 0 amide bonds. The van der Waals surface area contributed by atoms with Gasteiger partial charge in [0.05, 0.1) is 33.4 Å². The molecule has 0 saturated heterocycles. The van der Waals surface area contributed by atoms with Gasteiger partial charge in [-0.2, -0.15) is 0 Å². The minimum absolute atomic E-state index is 0.324. The maximum atomic E-state index is 4.91. The normalized spacial score (nSPS) is 12.6. The van der Waals surface area contributed by atoms with Gasteiger partial charge in [0.2, 0.25) is 0 Å². The number of hydrogen-bond acceptors (Lipinski definition) is 8. The zero-order valence-corrected chi connectivity index (χ0v) is 60.1. The third-order valence-electron chi connectivity index (χ3n) is 21.4. The van der Waals surface area contributed by atoms with E-state index in [1.54, 1.807) is 0 Å². The molecule has 8 heteroatoms. The molecule has 0 saturated carbocycles. The van der Waals surface area contributed by atoms with Gasteiger partial charge in [0, 0.05) is 130 Å². The lowest BCUT2D eigenvalue weighted by Crippen LogP contribution is -2.18. The Labute approximate surface area is 603 Å². The summed E-state index contributed by atoms with van der Waals surface area (Å²) in [4.78, 5) is 29.3. The predicted octanol–water partition coefficient (Wildman–Crippen LogP) is 26.9. The molecule has 1 aliphatic rings. The number of rotatable bonds is 16. The molecule has 0 fully saturated rings. The first-order chi connectivity index (χ1) is 50.1. The lowest BCUT2D eigenvalue weighted by atomic mass is 9.81. The SMILES string of the molecule is CC(C)c1ccc(N(c2ccc3c(c2)C(C)(C)c2cc4c(N(c5ccc(C(C)C)cc5)c5ccc6ncccc6c5)c5ccc(N(c6ccc(C(C)C)cc6)c6ccc7ncccc7c6)cc5c(N(c5ccc(C(C)C)cc5)c5ccc6ncccc6c5)c4cc2-3)c2ccc3ncccc3c2)cc1. The summed E-state index contributed by atoms with van der Waals surface area (Å²) < 4.78 is 0. The zero-order chi connectivity index (χ0) is 70.4. The van der Waals surface area contributed by atoms with E-state index in [1.807, 2.05) is 49.1 Å².